The Labute approximate surface area is 280 Å². The van der Waals surface area contributed by atoms with Gasteiger partial charge in [-0.2, -0.15) is 26.3 Å². The number of pyridine rings is 1. The van der Waals surface area contributed by atoms with Crippen LogP contribution < -0.4 is 16.5 Å². The first-order valence-electron chi connectivity index (χ1n) is 16.5. The van der Waals surface area contributed by atoms with Crippen molar-refractivity contribution in [2.75, 3.05) is 25.0 Å². The summed E-state index contributed by atoms with van der Waals surface area (Å²) in [4.78, 5) is 8.42. The molecular weight excluding hydrogens is 632 g/mol. The smallest absolute Gasteiger partial charge is 0.370 e. The average molecular weight is 684 g/mol. The van der Waals surface area contributed by atoms with E-state index in [1.165, 1.54) is 11.9 Å². The Morgan fingerprint density at radius 3 is 1.85 bits per heavy atom. The molecule has 0 saturated carbocycles. The maximum atomic E-state index is 13.7. The Morgan fingerprint density at radius 1 is 0.854 bits per heavy atom. The standard InChI is InChI=1S/C33H45F6N7.C2H6/c1-6-10-22(3)18-45(19-23(4)11-7-2)30-25(17-42-29-13-9-8-12-28(29)30)21-46(31(40)43-44(5)41)20-24-14-26(32(34,35)36)16-27(15-24)33(37,38)39;1-2/h8-9,12-17,22-23H,6-7,10-11,18-21,41H2,1-5H3,(H2,40,43);1-2H3. The lowest BCUT2D eigenvalue weighted by Crippen LogP contribution is -2.40. The molecular formula is C35H51F6N7. The van der Waals surface area contributed by atoms with Crippen LogP contribution in [0.2, 0.25) is 0 Å². The molecule has 0 aliphatic rings. The second-order valence-corrected chi connectivity index (χ2v) is 12.1. The summed E-state index contributed by atoms with van der Waals surface area (Å²) in [5, 5.41) is 5.86. The second-order valence-electron chi connectivity index (χ2n) is 12.1. The first-order valence-corrected chi connectivity index (χ1v) is 16.5. The molecule has 0 spiro atoms. The van der Waals surface area contributed by atoms with Gasteiger partial charge in [-0.15, -0.1) is 5.10 Å². The van der Waals surface area contributed by atoms with E-state index in [1.807, 2.05) is 38.1 Å². The Hall–Kier alpha value is -3.74. The van der Waals surface area contributed by atoms with Gasteiger partial charge in [-0.3, -0.25) is 4.98 Å². The Kier molecular flexibility index (Phi) is 15.3. The average Bonchev–Trinajstić information content (AvgIpc) is 3.00. The highest BCUT2D eigenvalue weighted by atomic mass is 19.4. The molecule has 1 aromatic heterocycles. The largest absolute Gasteiger partial charge is 0.416 e. The van der Waals surface area contributed by atoms with E-state index in [4.69, 9.17) is 11.6 Å². The van der Waals surface area contributed by atoms with Crippen LogP contribution in [-0.2, 0) is 25.4 Å². The summed E-state index contributed by atoms with van der Waals surface area (Å²) in [7, 11) is 1.41. The summed E-state index contributed by atoms with van der Waals surface area (Å²) < 4.78 is 82.2. The van der Waals surface area contributed by atoms with Crippen LogP contribution in [0.4, 0.5) is 32.0 Å². The van der Waals surface area contributed by atoms with Gasteiger partial charge in [-0.25, -0.2) is 11.0 Å². The lowest BCUT2D eigenvalue weighted by atomic mass is 9.99. The number of hydrogen-bond donors (Lipinski definition) is 2. The summed E-state index contributed by atoms with van der Waals surface area (Å²) >= 11 is 0. The number of anilines is 1. The van der Waals surface area contributed by atoms with Crippen molar-refractivity contribution in [3.8, 4) is 0 Å². The Balaban J connectivity index is 0.00000392. The zero-order valence-corrected chi connectivity index (χ0v) is 29.1. The zero-order valence-electron chi connectivity index (χ0n) is 29.1. The predicted molar refractivity (Wildman–Crippen MR) is 183 cm³/mol. The number of fused-ring (bicyclic) bond motifs is 1. The van der Waals surface area contributed by atoms with Gasteiger partial charge in [-0.05, 0) is 54.5 Å². The van der Waals surface area contributed by atoms with E-state index in [1.54, 1.807) is 6.20 Å². The van der Waals surface area contributed by atoms with Crippen LogP contribution in [0.25, 0.3) is 10.9 Å². The fourth-order valence-corrected chi connectivity index (χ4v) is 5.81. The van der Waals surface area contributed by atoms with Crippen LogP contribution in [0.5, 0.6) is 0 Å². The number of rotatable bonds is 14. The SMILES string of the molecule is CC.CCCC(C)CN(CC(C)CCC)c1c(CN(Cc2cc(C(F)(F)F)cc(C(F)(F)F)c2)/C(N)=N/N(C)N)cnc2ccccc12. The Bertz CT molecular complexity index is 1410. The molecule has 0 aliphatic heterocycles. The first kappa shape index (κ1) is 40.4. The van der Waals surface area contributed by atoms with Crippen molar-refractivity contribution in [3.63, 3.8) is 0 Å². The highest BCUT2D eigenvalue weighted by Crippen LogP contribution is 2.37. The molecule has 0 amide bonds. The van der Waals surface area contributed by atoms with Crippen LogP contribution in [0, 0.1) is 11.8 Å². The maximum absolute atomic E-state index is 13.7. The molecule has 0 radical (unpaired) electrons. The third kappa shape index (κ3) is 11.7. The molecule has 48 heavy (non-hydrogen) atoms. The molecule has 0 fully saturated rings. The van der Waals surface area contributed by atoms with Crippen molar-refractivity contribution < 1.29 is 26.3 Å². The molecule has 0 bridgehead atoms. The lowest BCUT2D eigenvalue weighted by molar-refractivity contribution is -0.143. The molecule has 1 heterocycles. The number of benzene rings is 2. The van der Waals surface area contributed by atoms with Gasteiger partial charge in [-0.1, -0.05) is 72.6 Å². The second kappa shape index (κ2) is 18.1. The number of alkyl halides is 6. The minimum absolute atomic E-state index is 0.00520. The quantitative estimate of drug-likeness (QED) is 0.0580. The number of halogens is 6. The third-order valence-electron chi connectivity index (χ3n) is 7.73. The van der Waals surface area contributed by atoms with Crippen LogP contribution in [0.3, 0.4) is 0 Å². The number of aromatic nitrogens is 1. The molecule has 2 aromatic carbocycles. The van der Waals surface area contributed by atoms with E-state index in [9.17, 15) is 26.3 Å². The fourth-order valence-electron chi connectivity index (χ4n) is 5.81. The number of guanidine groups is 1. The molecule has 0 aliphatic carbocycles. The first-order chi connectivity index (χ1) is 22.5. The summed E-state index contributed by atoms with van der Waals surface area (Å²) in [5.74, 6) is 6.26. The van der Waals surface area contributed by atoms with E-state index in [-0.39, 0.29) is 24.1 Å². The van der Waals surface area contributed by atoms with Crippen molar-refractivity contribution in [1.29, 1.82) is 0 Å². The van der Waals surface area contributed by atoms with Crippen molar-refractivity contribution in [1.82, 2.24) is 15.0 Å². The van der Waals surface area contributed by atoms with Crippen molar-refractivity contribution in [3.05, 3.63) is 70.9 Å². The van der Waals surface area contributed by atoms with E-state index in [2.05, 4.69) is 42.7 Å². The summed E-state index contributed by atoms with van der Waals surface area (Å²) in [6.07, 6.45) is -4.21. The lowest BCUT2D eigenvalue weighted by Gasteiger charge is -2.34. The number of nitrogens with two attached hydrogens (primary N) is 2. The van der Waals surface area contributed by atoms with Crippen molar-refractivity contribution in [2.24, 2.45) is 28.5 Å². The van der Waals surface area contributed by atoms with Gasteiger partial charge in [0.1, 0.15) is 0 Å². The molecule has 2 unspecified atom stereocenters. The van der Waals surface area contributed by atoms with Crippen molar-refractivity contribution >= 4 is 22.5 Å². The van der Waals surface area contributed by atoms with Crippen LogP contribution in [-0.4, -0.2) is 41.1 Å². The van der Waals surface area contributed by atoms with E-state index < -0.39 is 30.0 Å². The number of hydrazine groups is 1. The molecule has 7 nitrogen and oxygen atoms in total. The number of para-hydroxylation sites is 1. The summed E-state index contributed by atoms with van der Waals surface area (Å²) in [6, 6.07) is 9.20. The molecule has 2 atom stereocenters. The molecule has 3 rings (SSSR count). The third-order valence-corrected chi connectivity index (χ3v) is 7.73. The van der Waals surface area contributed by atoms with E-state index in [0.717, 1.165) is 60.5 Å². The monoisotopic (exact) mass is 683 g/mol. The number of hydrogen-bond acceptors (Lipinski definition) is 5. The van der Waals surface area contributed by atoms with Crippen LogP contribution >= 0.6 is 0 Å². The minimum atomic E-state index is -4.99. The highest BCUT2D eigenvalue weighted by Gasteiger charge is 2.37. The molecule has 4 N–H and O–H groups in total. The number of hydrazone groups is 1. The molecule has 0 saturated heterocycles. The van der Waals surface area contributed by atoms with Gasteiger partial charge in [0.2, 0.25) is 5.96 Å². The number of nitrogens with zero attached hydrogens (tertiary/aromatic N) is 5. The van der Waals surface area contributed by atoms with E-state index in [0.29, 0.717) is 29.5 Å². The van der Waals surface area contributed by atoms with Gasteiger partial charge in [0.25, 0.3) is 0 Å². The van der Waals surface area contributed by atoms with Gasteiger partial charge >= 0.3 is 12.4 Å². The molecule has 3 aromatic rings. The van der Waals surface area contributed by atoms with Gasteiger partial charge in [0.15, 0.2) is 0 Å². The normalized spacial score (nSPS) is 13.5. The van der Waals surface area contributed by atoms with Crippen LogP contribution in [0.1, 0.15) is 89.5 Å². The van der Waals surface area contributed by atoms with E-state index >= 15 is 0 Å². The van der Waals surface area contributed by atoms with Gasteiger partial charge in [0, 0.05) is 50.4 Å². The van der Waals surface area contributed by atoms with Gasteiger partial charge in [0.05, 0.1) is 22.3 Å². The molecule has 268 valence electrons. The molecule has 13 heteroatoms. The van der Waals surface area contributed by atoms with Crippen molar-refractivity contribution in [2.45, 2.75) is 92.7 Å². The zero-order chi connectivity index (χ0) is 36.2. The Morgan fingerprint density at radius 2 is 1.38 bits per heavy atom. The minimum Gasteiger partial charge on any atom is -0.370 e. The highest BCUT2D eigenvalue weighted by molar-refractivity contribution is 5.93. The summed E-state index contributed by atoms with van der Waals surface area (Å²) in [6.45, 7) is 13.8. The predicted octanol–water partition coefficient (Wildman–Crippen LogP) is 9.01. The topological polar surface area (TPSA) is 87.0 Å². The maximum Gasteiger partial charge on any atom is 0.416 e. The van der Waals surface area contributed by atoms with Crippen LogP contribution in [0.15, 0.2) is 53.8 Å². The summed E-state index contributed by atoms with van der Waals surface area (Å²) in [5.41, 5.74) is 5.64. The van der Waals surface area contributed by atoms with Gasteiger partial charge < -0.3 is 15.5 Å². The fraction of sp³-hybridized carbons (Fsp3) is 0.543.